The Morgan fingerprint density at radius 3 is 2.43 bits per heavy atom. The summed E-state index contributed by atoms with van der Waals surface area (Å²) in [5, 5.41) is 11.4. The Hall–Kier alpha value is -5.10. The van der Waals surface area contributed by atoms with Crippen molar-refractivity contribution in [3.8, 4) is 11.4 Å². The van der Waals surface area contributed by atoms with Gasteiger partial charge in [0.2, 0.25) is 5.91 Å². The van der Waals surface area contributed by atoms with Crippen LogP contribution in [0.5, 0.6) is 0 Å². The van der Waals surface area contributed by atoms with E-state index in [1.165, 1.54) is 10.2 Å². The van der Waals surface area contributed by atoms with E-state index in [1.54, 1.807) is 25.3 Å². The maximum absolute atomic E-state index is 13.8. The molecule has 236 valence electrons. The fourth-order valence-corrected chi connectivity index (χ4v) is 5.65. The maximum atomic E-state index is 13.8. The molecule has 6 rings (SSSR count). The first-order chi connectivity index (χ1) is 22.1. The van der Waals surface area contributed by atoms with Crippen LogP contribution < -0.4 is 5.32 Å². The Morgan fingerprint density at radius 2 is 1.70 bits per heavy atom. The standard InChI is InChI=1S/C34H33F3N8O/c1-23-17-28(39-32(18-23)40-31-19-27(13-14-38-31)34(35,36)37)29-21-45(42-41-29)24(2)33(46)44-16-15-43(20-25-9-5-3-6-10-25)30(22-44)26-11-7-4-8-12-26/h3-14,17-19,21,24,30H,15-16,20,22H2,1-2H3,(H,38,39,40). The number of alkyl halides is 3. The molecule has 2 aromatic carbocycles. The summed E-state index contributed by atoms with van der Waals surface area (Å²) in [5.41, 5.74) is 3.26. The van der Waals surface area contributed by atoms with Crippen LogP contribution in [0.4, 0.5) is 24.8 Å². The first kappa shape index (κ1) is 30.9. The van der Waals surface area contributed by atoms with Gasteiger partial charge in [0.05, 0.1) is 23.5 Å². The minimum Gasteiger partial charge on any atom is -0.338 e. The van der Waals surface area contributed by atoms with Crippen molar-refractivity contribution < 1.29 is 18.0 Å². The lowest BCUT2D eigenvalue weighted by atomic mass is 10.0. The molecule has 0 saturated carbocycles. The van der Waals surface area contributed by atoms with Crippen molar-refractivity contribution in [3.63, 3.8) is 0 Å². The van der Waals surface area contributed by atoms with Gasteiger partial charge in [-0.05, 0) is 54.8 Å². The number of amides is 1. The normalized spacial score (nSPS) is 16.3. The minimum atomic E-state index is -4.49. The van der Waals surface area contributed by atoms with Crippen molar-refractivity contribution in [3.05, 3.63) is 120 Å². The number of aromatic nitrogens is 5. The van der Waals surface area contributed by atoms with Gasteiger partial charge in [-0.25, -0.2) is 14.6 Å². The Balaban J connectivity index is 1.17. The van der Waals surface area contributed by atoms with Crippen molar-refractivity contribution in [1.29, 1.82) is 0 Å². The van der Waals surface area contributed by atoms with Crippen LogP contribution in [0.1, 0.15) is 41.3 Å². The fourth-order valence-electron chi connectivity index (χ4n) is 5.65. The molecule has 0 aliphatic carbocycles. The van der Waals surface area contributed by atoms with Crippen molar-refractivity contribution >= 4 is 17.5 Å². The van der Waals surface area contributed by atoms with E-state index in [-0.39, 0.29) is 17.8 Å². The maximum Gasteiger partial charge on any atom is 0.416 e. The molecule has 46 heavy (non-hydrogen) atoms. The highest BCUT2D eigenvalue weighted by atomic mass is 19.4. The lowest BCUT2D eigenvalue weighted by Gasteiger charge is -2.42. The molecule has 2 atom stereocenters. The van der Waals surface area contributed by atoms with Gasteiger partial charge in [-0.1, -0.05) is 65.9 Å². The van der Waals surface area contributed by atoms with Crippen LogP contribution in [0.15, 0.2) is 97.3 Å². The Bertz CT molecular complexity index is 1800. The van der Waals surface area contributed by atoms with Gasteiger partial charge in [0.1, 0.15) is 23.4 Å². The van der Waals surface area contributed by atoms with E-state index < -0.39 is 17.8 Å². The zero-order valence-electron chi connectivity index (χ0n) is 25.4. The predicted octanol–water partition coefficient (Wildman–Crippen LogP) is 6.45. The van der Waals surface area contributed by atoms with Gasteiger partial charge in [-0.2, -0.15) is 13.2 Å². The molecule has 1 fully saturated rings. The molecule has 1 N–H and O–H groups in total. The van der Waals surface area contributed by atoms with Crippen molar-refractivity contribution in [2.24, 2.45) is 0 Å². The van der Waals surface area contributed by atoms with E-state index >= 15 is 0 Å². The van der Waals surface area contributed by atoms with Crippen molar-refractivity contribution in [1.82, 2.24) is 34.8 Å². The molecule has 1 amide bonds. The largest absolute Gasteiger partial charge is 0.416 e. The number of carbonyl (C=O) groups is 1. The summed E-state index contributed by atoms with van der Waals surface area (Å²) in [6.45, 7) is 6.27. The van der Waals surface area contributed by atoms with Gasteiger partial charge >= 0.3 is 6.18 Å². The second-order valence-electron chi connectivity index (χ2n) is 11.4. The molecule has 3 aromatic heterocycles. The molecule has 1 saturated heterocycles. The number of halogens is 3. The average molecular weight is 627 g/mol. The number of hydrogen-bond acceptors (Lipinski definition) is 7. The number of carbonyl (C=O) groups excluding carboxylic acids is 1. The number of nitrogens with zero attached hydrogens (tertiary/aromatic N) is 7. The smallest absolute Gasteiger partial charge is 0.338 e. The van der Waals surface area contributed by atoms with Crippen LogP contribution in [0.3, 0.4) is 0 Å². The van der Waals surface area contributed by atoms with Gasteiger partial charge in [-0.3, -0.25) is 9.69 Å². The molecule has 1 aliphatic heterocycles. The monoisotopic (exact) mass is 626 g/mol. The second kappa shape index (κ2) is 13.1. The molecule has 4 heterocycles. The molecule has 0 radical (unpaired) electrons. The lowest BCUT2D eigenvalue weighted by molar-refractivity contribution is -0.138. The molecule has 2 unspecified atom stereocenters. The number of rotatable bonds is 8. The number of benzene rings is 2. The molecule has 1 aliphatic rings. The molecule has 0 spiro atoms. The fraction of sp³-hybridized carbons (Fsp3) is 0.265. The molecule has 5 aromatic rings. The van der Waals surface area contributed by atoms with Crippen LogP contribution in [0, 0.1) is 6.92 Å². The molecular weight excluding hydrogens is 593 g/mol. The minimum absolute atomic E-state index is 0.0134. The van der Waals surface area contributed by atoms with E-state index in [0.29, 0.717) is 30.3 Å². The average Bonchev–Trinajstić information content (AvgIpc) is 3.55. The Kier molecular flexibility index (Phi) is 8.80. The molecule has 0 bridgehead atoms. The Labute approximate surface area is 264 Å². The molecule has 12 heteroatoms. The van der Waals surface area contributed by atoms with E-state index in [2.05, 4.69) is 54.8 Å². The second-order valence-corrected chi connectivity index (χ2v) is 11.4. The third-order valence-electron chi connectivity index (χ3n) is 8.06. The van der Waals surface area contributed by atoms with Gasteiger partial charge in [-0.15, -0.1) is 5.10 Å². The number of pyridine rings is 2. The highest BCUT2D eigenvalue weighted by Gasteiger charge is 2.33. The molecular formula is C34H33F3N8O. The number of anilines is 2. The van der Waals surface area contributed by atoms with Crippen LogP contribution in [0.2, 0.25) is 0 Å². The highest BCUT2D eigenvalue weighted by molar-refractivity contribution is 5.80. The van der Waals surface area contributed by atoms with E-state index in [4.69, 9.17) is 0 Å². The van der Waals surface area contributed by atoms with Gasteiger partial charge < -0.3 is 10.2 Å². The van der Waals surface area contributed by atoms with Crippen LogP contribution >= 0.6 is 0 Å². The summed E-state index contributed by atoms with van der Waals surface area (Å²) in [4.78, 5) is 26.6. The number of hydrogen-bond donors (Lipinski definition) is 1. The van der Waals surface area contributed by atoms with Crippen LogP contribution in [-0.2, 0) is 17.5 Å². The topological polar surface area (TPSA) is 92.1 Å². The predicted molar refractivity (Wildman–Crippen MR) is 168 cm³/mol. The van der Waals surface area contributed by atoms with Gasteiger partial charge in [0.25, 0.3) is 0 Å². The number of piperazine rings is 1. The first-order valence-electron chi connectivity index (χ1n) is 15.0. The van der Waals surface area contributed by atoms with Gasteiger partial charge in [0.15, 0.2) is 0 Å². The third kappa shape index (κ3) is 7.07. The zero-order valence-corrected chi connectivity index (χ0v) is 25.4. The summed E-state index contributed by atoms with van der Waals surface area (Å²) in [7, 11) is 0. The van der Waals surface area contributed by atoms with Crippen molar-refractivity contribution in [2.45, 2.75) is 38.7 Å². The highest BCUT2D eigenvalue weighted by Crippen LogP contribution is 2.31. The summed E-state index contributed by atoms with van der Waals surface area (Å²) in [6, 6.07) is 25.3. The van der Waals surface area contributed by atoms with Crippen LogP contribution in [-0.4, -0.2) is 60.3 Å². The summed E-state index contributed by atoms with van der Waals surface area (Å²) < 4.78 is 41.1. The Morgan fingerprint density at radius 1 is 0.957 bits per heavy atom. The number of aryl methyl sites for hydroxylation is 1. The quantitative estimate of drug-likeness (QED) is 0.212. The lowest BCUT2D eigenvalue weighted by Crippen LogP contribution is -2.51. The summed E-state index contributed by atoms with van der Waals surface area (Å²) >= 11 is 0. The summed E-state index contributed by atoms with van der Waals surface area (Å²) in [5.74, 6) is 0.257. The SMILES string of the molecule is Cc1cc(Nc2cc(C(F)(F)F)ccn2)nc(-c2cn(C(C)C(=O)N3CCN(Cc4ccccc4)C(c4ccccc4)C3)nn2)c1. The van der Waals surface area contributed by atoms with Crippen molar-refractivity contribution in [2.75, 3.05) is 25.0 Å². The summed E-state index contributed by atoms with van der Waals surface area (Å²) in [6.07, 6.45) is -1.73. The van der Waals surface area contributed by atoms with E-state index in [0.717, 1.165) is 42.5 Å². The third-order valence-corrected chi connectivity index (χ3v) is 8.06. The number of nitrogens with one attached hydrogen (secondary N) is 1. The zero-order chi connectivity index (χ0) is 32.3. The first-order valence-corrected chi connectivity index (χ1v) is 15.0. The van der Waals surface area contributed by atoms with Crippen LogP contribution in [0.25, 0.3) is 11.4 Å². The molecule has 9 nitrogen and oxygen atoms in total. The van der Waals surface area contributed by atoms with E-state index in [9.17, 15) is 18.0 Å². The van der Waals surface area contributed by atoms with E-state index in [1.807, 2.05) is 48.2 Å². The van der Waals surface area contributed by atoms with Gasteiger partial charge in [0, 0.05) is 32.4 Å².